The van der Waals surface area contributed by atoms with Crippen molar-refractivity contribution in [2.45, 2.75) is 97.0 Å². The Labute approximate surface area is 177 Å². The van der Waals surface area contributed by atoms with Crippen LogP contribution in [0.5, 0.6) is 0 Å². The highest BCUT2D eigenvalue weighted by Gasteiger charge is 2.66. The summed E-state index contributed by atoms with van der Waals surface area (Å²) in [6.45, 7) is 7.55. The van der Waals surface area contributed by atoms with E-state index in [0.29, 0.717) is 36.2 Å². The molecule has 0 bridgehead atoms. The fourth-order valence-corrected chi connectivity index (χ4v) is 9.57. The number of hydrogen-bond donors (Lipinski definition) is 1. The summed E-state index contributed by atoms with van der Waals surface area (Å²) in [5.41, 5.74) is 0.147. The fourth-order valence-electron chi connectivity index (χ4n) is 9.57. The zero-order chi connectivity index (χ0) is 20.4. The molecule has 0 radical (unpaired) electrons. The van der Waals surface area contributed by atoms with Gasteiger partial charge in [0.25, 0.3) is 0 Å². The summed E-state index contributed by atoms with van der Waals surface area (Å²) in [5, 5.41) is 11.3. The zero-order valence-electron chi connectivity index (χ0n) is 18.9. The minimum absolute atomic E-state index is 0.259. The van der Waals surface area contributed by atoms with Gasteiger partial charge in [0.15, 0.2) is 0 Å². The lowest BCUT2D eigenvalue weighted by Crippen LogP contribution is -2.58. The molecule has 0 spiro atoms. The molecule has 0 aromatic rings. The van der Waals surface area contributed by atoms with Crippen LogP contribution in [-0.2, 0) is 9.53 Å². The van der Waals surface area contributed by atoms with E-state index >= 15 is 0 Å². The number of ether oxygens (including phenoxy) is 1. The number of hydrogen-bond acceptors (Lipinski definition) is 3. The normalized spacial score (nSPS) is 51.8. The minimum atomic E-state index is -0.595. The first-order valence-corrected chi connectivity index (χ1v) is 12.6. The second kappa shape index (κ2) is 7.05. The number of carbonyl (C=O) groups is 1. The summed E-state index contributed by atoms with van der Waals surface area (Å²) in [7, 11) is 0. The average molecular weight is 403 g/mol. The summed E-state index contributed by atoms with van der Waals surface area (Å²) in [5.74, 6) is 4.78. The third-order valence-electron chi connectivity index (χ3n) is 10.8. The molecule has 0 aromatic carbocycles. The van der Waals surface area contributed by atoms with Crippen LogP contribution in [0.2, 0.25) is 0 Å². The lowest BCUT2D eigenvalue weighted by Gasteiger charge is -2.63. The van der Waals surface area contributed by atoms with Gasteiger partial charge in [0.2, 0.25) is 0 Å². The summed E-state index contributed by atoms with van der Waals surface area (Å²) in [6.07, 6.45) is 13.6. The van der Waals surface area contributed by atoms with Crippen LogP contribution in [-0.4, -0.2) is 29.7 Å². The van der Waals surface area contributed by atoms with Crippen LogP contribution in [0, 0.1) is 46.3 Å². The van der Waals surface area contributed by atoms with Crippen LogP contribution >= 0.6 is 0 Å². The lowest BCUT2D eigenvalue weighted by atomic mass is 9.42. The molecule has 3 heteroatoms. The van der Waals surface area contributed by atoms with Crippen LogP contribution < -0.4 is 0 Å². The monoisotopic (exact) mass is 402 g/mol. The predicted octanol–water partition coefficient (Wildman–Crippen LogP) is 5.39. The number of rotatable bonds is 5. The van der Waals surface area contributed by atoms with Gasteiger partial charge in [-0.1, -0.05) is 6.92 Å². The van der Waals surface area contributed by atoms with E-state index in [1.54, 1.807) is 0 Å². The SMILES string of the molecule is CCOC[C@@]1(O)CC[C@@]2(C3CC3)[C@H](CC[C@H]3[C@@H]4CC[C@H](C(C)=O)[C@@]4(C)CC[C@@H]32)C1. The summed E-state index contributed by atoms with van der Waals surface area (Å²) < 4.78 is 5.69. The van der Waals surface area contributed by atoms with Crippen molar-refractivity contribution in [2.75, 3.05) is 13.2 Å². The van der Waals surface area contributed by atoms with Gasteiger partial charge in [-0.3, -0.25) is 4.79 Å². The highest BCUT2D eigenvalue weighted by molar-refractivity contribution is 5.79. The molecular formula is C26H42O3. The van der Waals surface area contributed by atoms with E-state index in [4.69, 9.17) is 4.74 Å². The second-order valence-electron chi connectivity index (χ2n) is 11.9. The first-order valence-electron chi connectivity index (χ1n) is 12.6. The molecule has 3 nitrogen and oxygen atoms in total. The van der Waals surface area contributed by atoms with Crippen molar-refractivity contribution >= 4 is 5.78 Å². The van der Waals surface area contributed by atoms with E-state index in [-0.39, 0.29) is 5.41 Å². The third-order valence-corrected chi connectivity index (χ3v) is 10.8. The lowest BCUT2D eigenvalue weighted by molar-refractivity contribution is -0.180. The number of aliphatic hydroxyl groups is 1. The molecule has 0 amide bonds. The molecule has 5 aliphatic carbocycles. The Morgan fingerprint density at radius 1 is 0.966 bits per heavy atom. The summed E-state index contributed by atoms with van der Waals surface area (Å²) >= 11 is 0. The molecule has 8 atom stereocenters. The number of Topliss-reactive ketones (excluding diaryl/α,β-unsaturated/α-hetero) is 1. The minimum Gasteiger partial charge on any atom is -0.387 e. The van der Waals surface area contributed by atoms with E-state index in [1.165, 1.54) is 51.4 Å². The molecule has 1 N–H and O–H groups in total. The highest BCUT2D eigenvalue weighted by atomic mass is 16.5. The summed E-state index contributed by atoms with van der Waals surface area (Å²) in [6, 6.07) is 0. The van der Waals surface area contributed by atoms with E-state index in [0.717, 1.165) is 42.9 Å². The largest absolute Gasteiger partial charge is 0.387 e. The maximum Gasteiger partial charge on any atom is 0.133 e. The maximum atomic E-state index is 12.4. The Kier molecular flexibility index (Phi) is 4.98. The Hall–Kier alpha value is -0.410. The molecule has 0 aliphatic heterocycles. The van der Waals surface area contributed by atoms with Crippen molar-refractivity contribution in [3.63, 3.8) is 0 Å². The third kappa shape index (κ3) is 3.00. The van der Waals surface area contributed by atoms with Gasteiger partial charge in [0, 0.05) is 12.5 Å². The predicted molar refractivity (Wildman–Crippen MR) is 114 cm³/mol. The zero-order valence-corrected chi connectivity index (χ0v) is 18.9. The topological polar surface area (TPSA) is 46.5 Å². The molecule has 0 saturated heterocycles. The molecule has 5 aliphatic rings. The standard InChI is InChI=1S/C26H42O3/c1-4-29-16-25(28)13-14-26(18-5-6-18)19(15-25)7-8-20-22-10-9-21(17(2)27)24(22,3)12-11-23(20)26/h18-23,28H,4-16H2,1-3H3/t19-,20+,21-,22+,23+,24-,25-,26-/m1/s1. The van der Waals surface area contributed by atoms with E-state index in [9.17, 15) is 9.90 Å². The highest BCUT2D eigenvalue weighted by Crippen LogP contribution is 2.72. The number of ketones is 1. The molecule has 0 aromatic heterocycles. The van der Waals surface area contributed by atoms with E-state index < -0.39 is 5.60 Å². The molecule has 0 heterocycles. The Morgan fingerprint density at radius 2 is 1.72 bits per heavy atom. The summed E-state index contributed by atoms with van der Waals surface area (Å²) in [4.78, 5) is 12.4. The van der Waals surface area contributed by atoms with Crippen molar-refractivity contribution in [2.24, 2.45) is 46.3 Å². The average Bonchev–Trinajstić information content (AvgIpc) is 3.47. The fraction of sp³-hybridized carbons (Fsp3) is 0.962. The van der Waals surface area contributed by atoms with Gasteiger partial charge in [-0.2, -0.15) is 0 Å². The molecule has 5 fully saturated rings. The van der Waals surface area contributed by atoms with Crippen molar-refractivity contribution in [3.05, 3.63) is 0 Å². The van der Waals surface area contributed by atoms with Crippen molar-refractivity contribution in [1.29, 1.82) is 0 Å². The van der Waals surface area contributed by atoms with Crippen molar-refractivity contribution < 1.29 is 14.6 Å². The Bertz CT molecular complexity index is 656. The first-order chi connectivity index (χ1) is 13.8. The molecule has 164 valence electrons. The molecule has 5 rings (SSSR count). The molecule has 29 heavy (non-hydrogen) atoms. The van der Waals surface area contributed by atoms with Gasteiger partial charge in [0.05, 0.1) is 12.2 Å². The molecular weight excluding hydrogens is 360 g/mol. The van der Waals surface area contributed by atoms with Crippen molar-refractivity contribution in [1.82, 2.24) is 0 Å². The van der Waals surface area contributed by atoms with Crippen LogP contribution in [0.1, 0.15) is 91.4 Å². The quantitative estimate of drug-likeness (QED) is 0.670. The Morgan fingerprint density at radius 3 is 2.41 bits per heavy atom. The number of carbonyl (C=O) groups excluding carboxylic acids is 1. The first kappa shape index (κ1) is 20.5. The van der Waals surface area contributed by atoms with Crippen LogP contribution in [0.25, 0.3) is 0 Å². The van der Waals surface area contributed by atoms with E-state index in [2.05, 4.69) is 6.92 Å². The van der Waals surface area contributed by atoms with Crippen molar-refractivity contribution in [3.8, 4) is 0 Å². The van der Waals surface area contributed by atoms with Gasteiger partial charge in [-0.15, -0.1) is 0 Å². The van der Waals surface area contributed by atoms with E-state index in [1.807, 2.05) is 13.8 Å². The Balaban J connectivity index is 1.42. The number of fused-ring (bicyclic) bond motifs is 5. The van der Waals surface area contributed by atoms with Crippen LogP contribution in [0.4, 0.5) is 0 Å². The smallest absolute Gasteiger partial charge is 0.133 e. The maximum absolute atomic E-state index is 12.4. The van der Waals surface area contributed by atoms with Crippen LogP contribution in [0.15, 0.2) is 0 Å². The van der Waals surface area contributed by atoms with Gasteiger partial charge in [-0.25, -0.2) is 0 Å². The second-order valence-corrected chi connectivity index (χ2v) is 11.9. The van der Waals surface area contributed by atoms with Gasteiger partial charge in [-0.05, 0) is 125 Å². The van der Waals surface area contributed by atoms with Crippen LogP contribution in [0.3, 0.4) is 0 Å². The van der Waals surface area contributed by atoms with Gasteiger partial charge in [0.1, 0.15) is 5.78 Å². The van der Waals surface area contributed by atoms with Gasteiger partial charge >= 0.3 is 0 Å². The molecule has 5 saturated carbocycles. The van der Waals surface area contributed by atoms with Gasteiger partial charge < -0.3 is 9.84 Å². The molecule has 0 unspecified atom stereocenters.